The second-order valence-corrected chi connectivity index (χ2v) is 5.52. The van der Waals surface area contributed by atoms with Crippen molar-refractivity contribution in [2.75, 3.05) is 11.6 Å². The van der Waals surface area contributed by atoms with Crippen molar-refractivity contribution in [1.29, 1.82) is 0 Å². The summed E-state index contributed by atoms with van der Waals surface area (Å²) >= 11 is 0. The zero-order chi connectivity index (χ0) is 20.2. The van der Waals surface area contributed by atoms with Crippen LogP contribution in [0.4, 0.5) is 27.6 Å². The first-order chi connectivity index (χ1) is 12.6. The molecule has 0 aliphatic heterocycles. The summed E-state index contributed by atoms with van der Waals surface area (Å²) in [6, 6.07) is 3.64. The molecule has 0 aliphatic carbocycles. The number of aromatic nitrogens is 2. The van der Waals surface area contributed by atoms with Gasteiger partial charge in [0.2, 0.25) is 0 Å². The van der Waals surface area contributed by atoms with Crippen molar-refractivity contribution < 1.29 is 26.7 Å². The number of alkyl halides is 4. The fraction of sp³-hybridized carbons (Fsp3) is 0.250. The summed E-state index contributed by atoms with van der Waals surface area (Å²) in [5.74, 6) is 1.24. The maximum Gasteiger partial charge on any atom is 0.317 e. The first-order valence-corrected chi connectivity index (χ1v) is 7.49. The zero-order valence-electron chi connectivity index (χ0n) is 14.0. The van der Waals surface area contributed by atoms with E-state index < -0.39 is 29.4 Å². The Hall–Kier alpha value is -2.95. The van der Waals surface area contributed by atoms with Crippen LogP contribution in [0.3, 0.4) is 0 Å². The van der Waals surface area contributed by atoms with Crippen LogP contribution in [-0.2, 0) is 5.92 Å². The van der Waals surface area contributed by atoms with E-state index in [0.29, 0.717) is 6.92 Å². The third-order valence-electron chi connectivity index (χ3n) is 3.27. The summed E-state index contributed by atoms with van der Waals surface area (Å²) in [7, 11) is 0. The van der Waals surface area contributed by atoms with Crippen LogP contribution in [0.15, 0.2) is 42.4 Å². The van der Waals surface area contributed by atoms with Crippen molar-refractivity contribution in [3.8, 4) is 6.01 Å². The number of nitrogens with zero attached hydrogens (tertiary/aromatic N) is 3. The monoisotopic (exact) mass is 389 g/mol. The van der Waals surface area contributed by atoms with Crippen LogP contribution in [0, 0.1) is 5.82 Å². The topological polar surface area (TPSA) is 90.3 Å². The zero-order valence-corrected chi connectivity index (χ0v) is 14.0. The average Bonchev–Trinajstić information content (AvgIpc) is 2.59. The van der Waals surface area contributed by atoms with Gasteiger partial charge in [0.25, 0.3) is 12.3 Å². The van der Waals surface area contributed by atoms with E-state index in [4.69, 9.17) is 16.3 Å². The number of nitrogens with two attached hydrogens (primary N) is 2. The Morgan fingerprint density at radius 1 is 1.33 bits per heavy atom. The molecule has 1 aromatic heterocycles. The Labute approximate surface area is 151 Å². The van der Waals surface area contributed by atoms with Crippen LogP contribution in [0.5, 0.6) is 6.01 Å². The maximum atomic E-state index is 13.5. The highest BCUT2D eigenvalue weighted by atomic mass is 19.3. The molecule has 1 heterocycles. The molecule has 2 aromatic rings. The highest BCUT2D eigenvalue weighted by Gasteiger charge is 2.28. The van der Waals surface area contributed by atoms with E-state index in [1.807, 2.05) is 0 Å². The van der Waals surface area contributed by atoms with Gasteiger partial charge in [-0.15, -0.1) is 0 Å². The highest BCUT2D eigenvalue weighted by molar-refractivity contribution is 5.51. The third-order valence-corrected chi connectivity index (χ3v) is 3.27. The van der Waals surface area contributed by atoms with Crippen molar-refractivity contribution in [1.82, 2.24) is 9.97 Å². The Morgan fingerprint density at radius 2 is 2.04 bits per heavy atom. The van der Waals surface area contributed by atoms with Gasteiger partial charge in [0.15, 0.2) is 0 Å². The quantitative estimate of drug-likeness (QED) is 0.429. The summed E-state index contributed by atoms with van der Waals surface area (Å²) < 4.78 is 70.5. The summed E-state index contributed by atoms with van der Waals surface area (Å²) in [6.07, 6.45) is -0.543. The van der Waals surface area contributed by atoms with Gasteiger partial charge in [-0.05, 0) is 24.3 Å². The van der Waals surface area contributed by atoms with E-state index in [1.165, 1.54) is 6.07 Å². The molecule has 0 aliphatic rings. The van der Waals surface area contributed by atoms with Crippen LogP contribution >= 0.6 is 0 Å². The molecule has 0 unspecified atom stereocenters. The number of hydrogen-bond acceptors (Lipinski definition) is 6. The van der Waals surface area contributed by atoms with Crippen molar-refractivity contribution in [2.24, 2.45) is 11.6 Å². The molecule has 0 spiro atoms. The Kier molecular flexibility index (Phi) is 6.16. The van der Waals surface area contributed by atoms with Gasteiger partial charge in [-0.25, -0.2) is 32.8 Å². The number of hydrogen-bond donors (Lipinski definition) is 2. The SMILES string of the molecule is CC(F)(F)c1cc(N(N)/C=C(\N)COc2nccc(C(F)F)n2)ccc1F. The second-order valence-electron chi connectivity index (χ2n) is 5.52. The first kappa shape index (κ1) is 20.4. The van der Waals surface area contributed by atoms with Gasteiger partial charge >= 0.3 is 6.01 Å². The van der Waals surface area contributed by atoms with Gasteiger partial charge in [0.05, 0.1) is 16.9 Å². The van der Waals surface area contributed by atoms with Crippen LogP contribution in [0.2, 0.25) is 0 Å². The molecule has 0 amide bonds. The lowest BCUT2D eigenvalue weighted by molar-refractivity contribution is 0.0138. The molecule has 6 nitrogen and oxygen atoms in total. The smallest absolute Gasteiger partial charge is 0.317 e. The van der Waals surface area contributed by atoms with Crippen molar-refractivity contribution in [3.63, 3.8) is 0 Å². The molecular formula is C16H16F5N5O. The van der Waals surface area contributed by atoms with Crippen molar-refractivity contribution >= 4 is 5.69 Å². The normalized spacial score (nSPS) is 12.4. The number of ether oxygens (including phenoxy) is 1. The van der Waals surface area contributed by atoms with E-state index in [9.17, 15) is 22.0 Å². The molecule has 4 N–H and O–H groups in total. The molecule has 1 aromatic carbocycles. The molecule has 2 rings (SSSR count). The van der Waals surface area contributed by atoms with Crippen LogP contribution in [0.1, 0.15) is 24.6 Å². The Bertz CT molecular complexity index is 825. The minimum atomic E-state index is -3.40. The molecule has 11 heteroatoms. The van der Waals surface area contributed by atoms with Crippen LogP contribution in [0.25, 0.3) is 0 Å². The summed E-state index contributed by atoms with van der Waals surface area (Å²) in [5, 5.41) is 0.893. The van der Waals surface area contributed by atoms with Gasteiger partial charge in [-0.1, -0.05) is 0 Å². The maximum absolute atomic E-state index is 13.5. The summed E-state index contributed by atoms with van der Waals surface area (Å²) in [5.41, 5.74) is 4.42. The third kappa shape index (κ3) is 5.51. The molecular weight excluding hydrogens is 373 g/mol. The van der Waals surface area contributed by atoms with Gasteiger partial charge < -0.3 is 10.5 Å². The average molecular weight is 389 g/mol. The number of rotatable bonds is 7. The molecule has 0 bridgehead atoms. The van der Waals surface area contributed by atoms with E-state index in [2.05, 4.69) is 9.97 Å². The van der Waals surface area contributed by atoms with Gasteiger partial charge in [-0.2, -0.15) is 4.98 Å². The minimum absolute atomic E-state index is 0.0117. The number of anilines is 1. The lowest BCUT2D eigenvalue weighted by Gasteiger charge is -2.18. The van der Waals surface area contributed by atoms with Gasteiger partial charge in [0.1, 0.15) is 18.1 Å². The molecule has 0 fully saturated rings. The van der Waals surface area contributed by atoms with E-state index >= 15 is 0 Å². The molecule has 0 saturated heterocycles. The standard InChI is InChI=1S/C16H16F5N5O/c1-16(20,21)11-6-10(2-3-12(11)17)26(23)7-9(22)8-27-15-24-5-4-13(25-15)14(18)19/h2-7,14H,8,22-23H2,1H3/b9-7-. The minimum Gasteiger partial charge on any atom is -0.457 e. The lowest BCUT2D eigenvalue weighted by atomic mass is 10.1. The predicted molar refractivity (Wildman–Crippen MR) is 87.4 cm³/mol. The van der Waals surface area contributed by atoms with Crippen molar-refractivity contribution in [2.45, 2.75) is 19.3 Å². The molecule has 0 saturated carbocycles. The van der Waals surface area contributed by atoms with Gasteiger partial charge in [0, 0.05) is 19.3 Å². The predicted octanol–water partition coefficient (Wildman–Crippen LogP) is 3.22. The Morgan fingerprint density at radius 3 is 2.67 bits per heavy atom. The molecule has 0 radical (unpaired) electrons. The Balaban J connectivity index is 2.08. The van der Waals surface area contributed by atoms with Crippen LogP contribution in [-0.4, -0.2) is 16.6 Å². The number of hydrazine groups is 1. The fourth-order valence-electron chi connectivity index (χ4n) is 1.99. The fourth-order valence-corrected chi connectivity index (χ4v) is 1.99. The van der Waals surface area contributed by atoms with E-state index in [1.54, 1.807) is 0 Å². The van der Waals surface area contributed by atoms with E-state index in [-0.39, 0.29) is 24.0 Å². The van der Waals surface area contributed by atoms with Crippen LogP contribution < -0.4 is 21.3 Å². The number of halogens is 5. The second kappa shape index (κ2) is 8.16. The molecule has 0 atom stereocenters. The lowest BCUT2D eigenvalue weighted by Crippen LogP contribution is -2.28. The largest absolute Gasteiger partial charge is 0.457 e. The highest BCUT2D eigenvalue weighted by Crippen LogP contribution is 2.31. The first-order valence-electron chi connectivity index (χ1n) is 7.49. The summed E-state index contributed by atoms with van der Waals surface area (Å²) in [4.78, 5) is 7.15. The molecule has 27 heavy (non-hydrogen) atoms. The van der Waals surface area contributed by atoms with Gasteiger partial charge in [-0.3, -0.25) is 5.01 Å². The number of benzene rings is 1. The van der Waals surface area contributed by atoms with Crippen molar-refractivity contribution in [3.05, 3.63) is 59.4 Å². The van der Waals surface area contributed by atoms with E-state index in [0.717, 1.165) is 35.6 Å². The molecule has 146 valence electrons. The summed E-state index contributed by atoms with van der Waals surface area (Å²) in [6.45, 7) is 0.250.